The highest BCUT2D eigenvalue weighted by Crippen LogP contribution is 2.30. The van der Waals surface area contributed by atoms with Crippen LogP contribution < -0.4 is 4.74 Å². The van der Waals surface area contributed by atoms with Gasteiger partial charge in [0.05, 0.1) is 6.42 Å². The van der Waals surface area contributed by atoms with Crippen molar-refractivity contribution < 1.29 is 18.7 Å². The minimum atomic E-state index is -1.15. The Bertz CT molecular complexity index is 825. The van der Waals surface area contributed by atoms with Crippen molar-refractivity contribution in [2.45, 2.75) is 26.4 Å². The molecule has 0 saturated carbocycles. The lowest BCUT2D eigenvalue weighted by Gasteiger charge is -2.20. The lowest BCUT2D eigenvalue weighted by molar-refractivity contribution is -0.148. The highest BCUT2D eigenvalue weighted by molar-refractivity contribution is 5.71. The van der Waals surface area contributed by atoms with Gasteiger partial charge in [-0.25, -0.2) is 4.39 Å². The topological polar surface area (TPSA) is 59.3 Å². The average molecular weight is 353 g/mol. The number of allylic oxidation sites excluding steroid dienone is 1. The number of benzene rings is 2. The molecule has 0 N–H and O–H groups in total. The number of ether oxygens (including phenoxy) is 2. The van der Waals surface area contributed by atoms with E-state index in [0.29, 0.717) is 11.3 Å². The number of nitrogens with zero attached hydrogens (tertiary/aromatic N) is 1. The van der Waals surface area contributed by atoms with Crippen LogP contribution in [-0.4, -0.2) is 5.97 Å². The molecule has 1 unspecified atom stereocenters. The number of halogens is 1. The van der Waals surface area contributed by atoms with E-state index in [1.165, 1.54) is 18.2 Å². The molecule has 0 aliphatic rings. The maximum atomic E-state index is 14.0. The Labute approximate surface area is 152 Å². The number of rotatable bonds is 7. The molecule has 0 spiro atoms. The summed E-state index contributed by atoms with van der Waals surface area (Å²) in [7, 11) is 0. The summed E-state index contributed by atoms with van der Waals surface area (Å²) in [6.07, 6.45) is 0.588. The summed E-state index contributed by atoms with van der Waals surface area (Å²) in [6.45, 7) is 7.35. The lowest BCUT2D eigenvalue weighted by atomic mass is 9.90. The quantitative estimate of drug-likeness (QED) is 0.499. The first-order valence-corrected chi connectivity index (χ1v) is 8.09. The van der Waals surface area contributed by atoms with E-state index in [1.807, 2.05) is 26.0 Å². The molecular weight excluding hydrogens is 333 g/mol. The van der Waals surface area contributed by atoms with Crippen LogP contribution in [0.2, 0.25) is 0 Å². The van der Waals surface area contributed by atoms with Gasteiger partial charge in [-0.2, -0.15) is 5.26 Å². The highest BCUT2D eigenvalue weighted by atomic mass is 19.1. The van der Waals surface area contributed by atoms with Crippen LogP contribution in [0.4, 0.5) is 4.39 Å². The molecule has 4 nitrogen and oxygen atoms in total. The van der Waals surface area contributed by atoms with Crippen LogP contribution in [0.5, 0.6) is 11.5 Å². The summed E-state index contributed by atoms with van der Waals surface area (Å²) in [5, 5.41) is 9.35. The van der Waals surface area contributed by atoms with Gasteiger partial charge in [-0.3, -0.25) is 4.79 Å². The minimum absolute atomic E-state index is 0.0450. The lowest BCUT2D eigenvalue weighted by Crippen LogP contribution is -2.18. The SMILES string of the molecule is C=CC(C)(C)CC(=O)OC(C#N)c1ccc(F)c(Oc2ccccc2)c1. The van der Waals surface area contributed by atoms with E-state index in [1.54, 1.807) is 30.3 Å². The van der Waals surface area contributed by atoms with Crippen molar-refractivity contribution in [1.29, 1.82) is 5.26 Å². The number of carbonyl (C=O) groups is 1. The van der Waals surface area contributed by atoms with E-state index in [2.05, 4.69) is 6.58 Å². The summed E-state index contributed by atoms with van der Waals surface area (Å²) in [6, 6.07) is 14.6. The van der Waals surface area contributed by atoms with Crippen molar-refractivity contribution in [1.82, 2.24) is 0 Å². The van der Waals surface area contributed by atoms with Crippen molar-refractivity contribution in [3.63, 3.8) is 0 Å². The number of carbonyl (C=O) groups excluding carboxylic acids is 1. The van der Waals surface area contributed by atoms with E-state index >= 15 is 0 Å². The molecule has 0 bridgehead atoms. The van der Waals surface area contributed by atoms with Gasteiger partial charge in [0.15, 0.2) is 11.6 Å². The zero-order valence-corrected chi connectivity index (χ0v) is 14.7. The van der Waals surface area contributed by atoms with Gasteiger partial charge < -0.3 is 9.47 Å². The molecule has 5 heteroatoms. The fourth-order valence-corrected chi connectivity index (χ4v) is 2.16. The van der Waals surface area contributed by atoms with Gasteiger partial charge in [-0.1, -0.05) is 44.2 Å². The molecular formula is C21H20FNO3. The molecule has 0 radical (unpaired) electrons. The molecule has 0 heterocycles. The van der Waals surface area contributed by atoms with Gasteiger partial charge in [0.2, 0.25) is 6.10 Å². The van der Waals surface area contributed by atoms with Gasteiger partial charge >= 0.3 is 5.97 Å². The first-order chi connectivity index (χ1) is 12.3. The van der Waals surface area contributed by atoms with Crippen molar-refractivity contribution in [2.75, 3.05) is 0 Å². The smallest absolute Gasteiger partial charge is 0.308 e. The fourth-order valence-electron chi connectivity index (χ4n) is 2.16. The Balaban J connectivity index is 2.18. The maximum absolute atomic E-state index is 14.0. The third-order valence-corrected chi connectivity index (χ3v) is 3.75. The summed E-state index contributed by atoms with van der Waals surface area (Å²) >= 11 is 0. The molecule has 2 aromatic carbocycles. The number of para-hydroxylation sites is 1. The molecule has 0 saturated heterocycles. The second-order valence-electron chi connectivity index (χ2n) is 6.47. The molecule has 0 aliphatic heterocycles. The summed E-state index contributed by atoms with van der Waals surface area (Å²) in [4.78, 5) is 12.1. The first-order valence-electron chi connectivity index (χ1n) is 8.09. The van der Waals surface area contributed by atoms with E-state index in [-0.39, 0.29) is 12.2 Å². The Morgan fingerprint density at radius 1 is 1.31 bits per heavy atom. The summed E-state index contributed by atoms with van der Waals surface area (Å²) in [5.74, 6) is -0.692. The Morgan fingerprint density at radius 2 is 2.00 bits per heavy atom. The van der Waals surface area contributed by atoms with Gasteiger partial charge in [0.1, 0.15) is 11.8 Å². The predicted molar refractivity (Wildman–Crippen MR) is 96.0 cm³/mol. The fraction of sp³-hybridized carbons (Fsp3) is 0.238. The second kappa shape index (κ2) is 8.30. The molecule has 0 aliphatic carbocycles. The third-order valence-electron chi connectivity index (χ3n) is 3.75. The standard InChI is InChI=1S/C21H20FNO3/c1-4-21(2,3)13-20(24)26-19(14-23)15-10-11-17(22)18(12-15)25-16-8-6-5-7-9-16/h4-12,19H,1,13H2,2-3H3. The number of nitriles is 1. The zero-order valence-electron chi connectivity index (χ0n) is 14.7. The van der Waals surface area contributed by atoms with Gasteiger partial charge in [0.25, 0.3) is 0 Å². The number of hydrogen-bond donors (Lipinski definition) is 0. The average Bonchev–Trinajstić information content (AvgIpc) is 2.62. The van der Waals surface area contributed by atoms with Crippen LogP contribution >= 0.6 is 0 Å². The molecule has 2 aromatic rings. The summed E-state index contributed by atoms with van der Waals surface area (Å²) in [5.41, 5.74) is -0.105. The minimum Gasteiger partial charge on any atom is -0.454 e. The first kappa shape index (κ1) is 19.2. The van der Waals surface area contributed by atoms with E-state index in [9.17, 15) is 14.4 Å². The van der Waals surface area contributed by atoms with Crippen LogP contribution in [-0.2, 0) is 9.53 Å². The Hall–Kier alpha value is -3.13. The van der Waals surface area contributed by atoms with Crippen molar-refractivity contribution in [2.24, 2.45) is 5.41 Å². The second-order valence-corrected chi connectivity index (χ2v) is 6.47. The molecule has 0 aromatic heterocycles. The van der Waals surface area contributed by atoms with Crippen LogP contribution in [0.25, 0.3) is 0 Å². The third kappa shape index (κ3) is 5.18. The normalized spacial score (nSPS) is 11.9. The largest absolute Gasteiger partial charge is 0.454 e. The molecule has 1 atom stereocenters. The zero-order chi connectivity index (χ0) is 19.2. The molecule has 2 rings (SSSR count). The molecule has 0 fully saturated rings. The maximum Gasteiger partial charge on any atom is 0.308 e. The van der Waals surface area contributed by atoms with E-state index < -0.39 is 23.3 Å². The monoisotopic (exact) mass is 353 g/mol. The van der Waals surface area contributed by atoms with Crippen LogP contribution in [0.15, 0.2) is 61.2 Å². The van der Waals surface area contributed by atoms with Crippen molar-refractivity contribution >= 4 is 5.97 Å². The van der Waals surface area contributed by atoms with Crippen LogP contribution in [0.3, 0.4) is 0 Å². The van der Waals surface area contributed by atoms with Gasteiger partial charge in [-0.15, -0.1) is 6.58 Å². The predicted octanol–water partition coefficient (Wildman–Crippen LogP) is 5.33. The Kier molecular flexibility index (Phi) is 6.13. The molecule has 26 heavy (non-hydrogen) atoms. The van der Waals surface area contributed by atoms with E-state index in [4.69, 9.17) is 9.47 Å². The van der Waals surface area contributed by atoms with Crippen molar-refractivity contribution in [3.8, 4) is 17.6 Å². The molecule has 134 valence electrons. The summed E-state index contributed by atoms with van der Waals surface area (Å²) < 4.78 is 24.8. The number of esters is 1. The van der Waals surface area contributed by atoms with Crippen LogP contribution in [0.1, 0.15) is 31.9 Å². The van der Waals surface area contributed by atoms with E-state index in [0.717, 1.165) is 0 Å². The van der Waals surface area contributed by atoms with Gasteiger partial charge in [-0.05, 0) is 29.7 Å². The number of hydrogen-bond acceptors (Lipinski definition) is 4. The highest BCUT2D eigenvalue weighted by Gasteiger charge is 2.23. The van der Waals surface area contributed by atoms with Gasteiger partial charge in [0, 0.05) is 5.56 Å². The molecule has 0 amide bonds. The van der Waals surface area contributed by atoms with Crippen molar-refractivity contribution in [3.05, 3.63) is 72.6 Å². The van der Waals surface area contributed by atoms with Crippen LogP contribution in [0, 0.1) is 22.6 Å². The Morgan fingerprint density at radius 3 is 2.62 bits per heavy atom.